The van der Waals surface area contributed by atoms with Crippen LogP contribution in [-0.2, 0) is 23.0 Å². The van der Waals surface area contributed by atoms with Gasteiger partial charge < -0.3 is 20.7 Å². The highest BCUT2D eigenvalue weighted by Crippen LogP contribution is 2.34. The number of rotatable bonds is 11. The molecular formula is C29H26ClFN6O4S2. The van der Waals surface area contributed by atoms with Gasteiger partial charge in [0, 0.05) is 30.6 Å². The first-order chi connectivity index (χ1) is 20.6. The average molecular weight is 641 g/mol. The minimum Gasteiger partial charge on any atom is -0.487 e. The molecular weight excluding hydrogens is 615 g/mol. The van der Waals surface area contributed by atoms with Crippen molar-refractivity contribution >= 4 is 60.7 Å². The molecule has 5 aromatic rings. The molecule has 0 spiro atoms. The SMILES string of the molecule is CS(=O)(=O)CCNC(=O)NCc1ccc(-c2nc3c(Nc4ccc(OCc5cccc(F)c5)c(Cl)c4)ncnc3s2)cc1. The zero-order valence-corrected chi connectivity index (χ0v) is 25.2. The maximum atomic E-state index is 13.4. The highest BCUT2D eigenvalue weighted by molar-refractivity contribution is 7.90. The molecule has 0 radical (unpaired) electrons. The first kappa shape index (κ1) is 30.1. The van der Waals surface area contributed by atoms with Crippen LogP contribution in [0.25, 0.3) is 20.9 Å². The Morgan fingerprint density at radius 2 is 1.84 bits per heavy atom. The van der Waals surface area contributed by atoms with Gasteiger partial charge in [-0.2, -0.15) is 0 Å². The van der Waals surface area contributed by atoms with E-state index in [0.29, 0.717) is 38.2 Å². The summed E-state index contributed by atoms with van der Waals surface area (Å²) in [6.07, 6.45) is 2.58. The predicted molar refractivity (Wildman–Crippen MR) is 166 cm³/mol. The molecule has 2 amide bonds. The van der Waals surface area contributed by atoms with E-state index in [-0.39, 0.29) is 31.3 Å². The Kier molecular flexibility index (Phi) is 9.34. The van der Waals surface area contributed by atoms with Gasteiger partial charge in [0.1, 0.15) is 49.7 Å². The largest absolute Gasteiger partial charge is 0.487 e. The second kappa shape index (κ2) is 13.3. The summed E-state index contributed by atoms with van der Waals surface area (Å²) in [5.41, 5.74) is 3.71. The fourth-order valence-corrected chi connectivity index (χ4v) is 5.57. The summed E-state index contributed by atoms with van der Waals surface area (Å²) in [5, 5.41) is 9.60. The highest BCUT2D eigenvalue weighted by Gasteiger charge is 2.14. The molecule has 5 rings (SSSR count). The number of carbonyl (C=O) groups is 1. The lowest BCUT2D eigenvalue weighted by Gasteiger charge is -2.11. The summed E-state index contributed by atoms with van der Waals surface area (Å²) < 4.78 is 41.6. The molecule has 222 valence electrons. The smallest absolute Gasteiger partial charge is 0.315 e. The Balaban J connectivity index is 1.22. The molecule has 2 aromatic heterocycles. The zero-order valence-electron chi connectivity index (χ0n) is 22.8. The minimum atomic E-state index is -3.14. The fourth-order valence-electron chi connectivity index (χ4n) is 3.95. The summed E-state index contributed by atoms with van der Waals surface area (Å²) in [7, 11) is -3.14. The summed E-state index contributed by atoms with van der Waals surface area (Å²) in [6, 6.07) is 18.5. The molecule has 0 bridgehead atoms. The van der Waals surface area contributed by atoms with Crippen LogP contribution in [0.15, 0.2) is 73.1 Å². The molecule has 3 aromatic carbocycles. The van der Waals surface area contributed by atoms with Crippen molar-refractivity contribution in [2.75, 3.05) is 23.9 Å². The molecule has 14 heteroatoms. The number of hydrogen-bond acceptors (Lipinski definition) is 9. The van der Waals surface area contributed by atoms with Crippen LogP contribution >= 0.6 is 22.9 Å². The number of nitrogens with zero attached hydrogens (tertiary/aromatic N) is 3. The maximum Gasteiger partial charge on any atom is 0.315 e. The van der Waals surface area contributed by atoms with Gasteiger partial charge in [0.15, 0.2) is 5.82 Å². The van der Waals surface area contributed by atoms with Gasteiger partial charge in [-0.3, -0.25) is 0 Å². The predicted octanol–water partition coefficient (Wildman–Crippen LogP) is 5.71. The molecule has 0 fully saturated rings. The van der Waals surface area contributed by atoms with Crippen molar-refractivity contribution in [1.82, 2.24) is 25.6 Å². The first-order valence-electron chi connectivity index (χ1n) is 13.0. The number of fused-ring (bicyclic) bond motifs is 1. The number of anilines is 2. The monoisotopic (exact) mass is 640 g/mol. The Bertz CT molecular complexity index is 1870. The number of carbonyl (C=O) groups excluding carboxylic acids is 1. The Labute approximate surface area is 256 Å². The van der Waals surface area contributed by atoms with E-state index >= 15 is 0 Å². The molecule has 10 nitrogen and oxygen atoms in total. The van der Waals surface area contributed by atoms with Crippen molar-refractivity contribution < 1.29 is 22.3 Å². The quantitative estimate of drug-likeness (QED) is 0.167. The second-order valence-electron chi connectivity index (χ2n) is 9.52. The van der Waals surface area contributed by atoms with Gasteiger partial charge in [-0.1, -0.05) is 59.3 Å². The van der Waals surface area contributed by atoms with Crippen LogP contribution in [0, 0.1) is 5.82 Å². The van der Waals surface area contributed by atoms with E-state index in [1.807, 2.05) is 24.3 Å². The van der Waals surface area contributed by atoms with Crippen molar-refractivity contribution in [2.45, 2.75) is 13.2 Å². The van der Waals surface area contributed by atoms with Crippen LogP contribution in [0.1, 0.15) is 11.1 Å². The third-order valence-electron chi connectivity index (χ3n) is 6.09. The van der Waals surface area contributed by atoms with E-state index in [4.69, 9.17) is 21.3 Å². The van der Waals surface area contributed by atoms with Crippen molar-refractivity contribution in [3.05, 3.63) is 95.0 Å². The summed E-state index contributed by atoms with van der Waals surface area (Å²) in [6.45, 7) is 0.506. The molecule has 0 unspecified atom stereocenters. The number of thiazole rings is 1. The zero-order chi connectivity index (χ0) is 30.4. The van der Waals surface area contributed by atoms with Crippen molar-refractivity contribution in [3.63, 3.8) is 0 Å². The molecule has 0 aliphatic carbocycles. The van der Waals surface area contributed by atoms with Crippen LogP contribution in [0.3, 0.4) is 0 Å². The van der Waals surface area contributed by atoms with Crippen LogP contribution in [-0.4, -0.2) is 48.0 Å². The fraction of sp³-hybridized carbons (Fsp3) is 0.172. The number of halogens is 2. The normalized spacial score (nSPS) is 11.3. The third kappa shape index (κ3) is 8.37. The minimum absolute atomic E-state index is 0.0474. The number of sulfone groups is 1. The lowest BCUT2D eigenvalue weighted by Crippen LogP contribution is -2.37. The first-order valence-corrected chi connectivity index (χ1v) is 16.2. The molecule has 0 saturated carbocycles. The van der Waals surface area contributed by atoms with E-state index < -0.39 is 15.9 Å². The third-order valence-corrected chi connectivity index (χ3v) is 8.34. The van der Waals surface area contributed by atoms with Gasteiger partial charge in [0.2, 0.25) is 0 Å². The number of hydrogen-bond donors (Lipinski definition) is 3. The lowest BCUT2D eigenvalue weighted by molar-refractivity contribution is 0.241. The van der Waals surface area contributed by atoms with Gasteiger partial charge in [-0.15, -0.1) is 0 Å². The molecule has 43 heavy (non-hydrogen) atoms. The lowest BCUT2D eigenvalue weighted by atomic mass is 10.1. The number of amides is 2. The summed E-state index contributed by atoms with van der Waals surface area (Å²) >= 11 is 7.87. The molecule has 0 saturated heterocycles. The van der Waals surface area contributed by atoms with E-state index in [1.54, 1.807) is 30.3 Å². The Hall–Kier alpha value is -4.33. The molecule has 3 N–H and O–H groups in total. The second-order valence-corrected chi connectivity index (χ2v) is 13.2. The topological polar surface area (TPSA) is 135 Å². The molecule has 0 aliphatic rings. The Morgan fingerprint density at radius 1 is 1.02 bits per heavy atom. The number of aromatic nitrogens is 3. The molecule has 0 aliphatic heterocycles. The van der Waals surface area contributed by atoms with Gasteiger partial charge in [-0.25, -0.2) is 32.6 Å². The van der Waals surface area contributed by atoms with E-state index in [9.17, 15) is 17.6 Å². The van der Waals surface area contributed by atoms with Gasteiger partial charge >= 0.3 is 6.03 Å². The Morgan fingerprint density at radius 3 is 2.58 bits per heavy atom. The molecule has 0 atom stereocenters. The van der Waals surface area contributed by atoms with Crippen LogP contribution in [0.5, 0.6) is 5.75 Å². The number of ether oxygens (including phenoxy) is 1. The van der Waals surface area contributed by atoms with Crippen LogP contribution in [0.4, 0.5) is 20.7 Å². The average Bonchev–Trinajstić information content (AvgIpc) is 3.41. The highest BCUT2D eigenvalue weighted by atomic mass is 35.5. The van der Waals surface area contributed by atoms with Gasteiger partial charge in [0.05, 0.1) is 10.8 Å². The van der Waals surface area contributed by atoms with Crippen molar-refractivity contribution in [2.24, 2.45) is 0 Å². The van der Waals surface area contributed by atoms with Crippen molar-refractivity contribution in [1.29, 1.82) is 0 Å². The van der Waals surface area contributed by atoms with Crippen LogP contribution < -0.4 is 20.7 Å². The standard InChI is InChI=1S/C29H26ClFN6O4S2/c1-43(39,40)12-11-32-29(38)33-15-18-5-7-20(8-6-18)27-37-25-26(34-17-35-28(25)42-27)36-22-9-10-24(23(30)14-22)41-16-19-3-2-4-21(31)13-19/h2-10,13-14,17H,11-12,15-16H2,1H3,(H2,32,33,38)(H,34,35,36). The number of benzene rings is 3. The molecule has 2 heterocycles. The van der Waals surface area contributed by atoms with Gasteiger partial charge in [-0.05, 0) is 41.5 Å². The van der Waals surface area contributed by atoms with E-state index in [1.165, 1.54) is 29.8 Å². The van der Waals surface area contributed by atoms with E-state index in [2.05, 4.69) is 25.9 Å². The number of urea groups is 1. The van der Waals surface area contributed by atoms with E-state index in [0.717, 1.165) is 22.4 Å². The van der Waals surface area contributed by atoms with Crippen molar-refractivity contribution in [3.8, 4) is 16.3 Å². The number of nitrogens with one attached hydrogen (secondary N) is 3. The van der Waals surface area contributed by atoms with Gasteiger partial charge in [0.25, 0.3) is 0 Å². The van der Waals surface area contributed by atoms with Crippen LogP contribution in [0.2, 0.25) is 5.02 Å². The maximum absolute atomic E-state index is 13.4. The summed E-state index contributed by atoms with van der Waals surface area (Å²) in [4.78, 5) is 26.1. The summed E-state index contributed by atoms with van der Waals surface area (Å²) in [5.74, 6) is 0.532.